The number of anilines is 1. The van der Waals surface area contributed by atoms with Gasteiger partial charge in [-0.05, 0) is 30.4 Å². The molecule has 4 heteroatoms. The van der Waals surface area contributed by atoms with E-state index in [0.29, 0.717) is 11.9 Å². The van der Waals surface area contributed by atoms with Gasteiger partial charge < -0.3 is 15.8 Å². The summed E-state index contributed by atoms with van der Waals surface area (Å²) in [5, 5.41) is 3.12. The van der Waals surface area contributed by atoms with E-state index in [-0.39, 0.29) is 0 Å². The monoisotopic (exact) mass is 275 g/mol. The third-order valence-electron chi connectivity index (χ3n) is 4.15. The number of methoxy groups -OCH3 is 1. The Labute approximate surface area is 121 Å². The van der Waals surface area contributed by atoms with E-state index in [0.717, 1.165) is 23.9 Å². The van der Waals surface area contributed by atoms with Gasteiger partial charge in [0.2, 0.25) is 0 Å². The Morgan fingerprint density at radius 2 is 2.10 bits per heavy atom. The van der Waals surface area contributed by atoms with Crippen molar-refractivity contribution in [2.24, 2.45) is 22.6 Å². The first kappa shape index (κ1) is 14.7. The molecule has 1 aliphatic carbocycles. The van der Waals surface area contributed by atoms with Crippen LogP contribution in [-0.4, -0.2) is 19.6 Å². The van der Waals surface area contributed by atoms with E-state index < -0.39 is 0 Å². The third-order valence-corrected chi connectivity index (χ3v) is 4.15. The highest BCUT2D eigenvalue weighted by Crippen LogP contribution is 2.29. The molecule has 1 aromatic rings. The maximum Gasteiger partial charge on any atom is 0.193 e. The molecule has 0 heterocycles. The Balaban J connectivity index is 1.93. The molecule has 4 nitrogen and oxygen atoms in total. The van der Waals surface area contributed by atoms with Crippen LogP contribution < -0.4 is 15.8 Å². The fourth-order valence-electron chi connectivity index (χ4n) is 2.81. The summed E-state index contributed by atoms with van der Waals surface area (Å²) >= 11 is 0. The Bertz CT molecular complexity index is 459. The van der Waals surface area contributed by atoms with Crippen LogP contribution in [0.1, 0.15) is 32.6 Å². The Hall–Kier alpha value is -1.71. The largest absolute Gasteiger partial charge is 0.495 e. The van der Waals surface area contributed by atoms with Gasteiger partial charge in [0.25, 0.3) is 0 Å². The lowest BCUT2D eigenvalue weighted by Gasteiger charge is -2.27. The summed E-state index contributed by atoms with van der Waals surface area (Å²) in [4.78, 5) is 4.50. The smallest absolute Gasteiger partial charge is 0.193 e. The predicted molar refractivity (Wildman–Crippen MR) is 84.2 cm³/mol. The van der Waals surface area contributed by atoms with Gasteiger partial charge in [0.15, 0.2) is 5.96 Å². The quantitative estimate of drug-likeness (QED) is 0.655. The Morgan fingerprint density at radius 3 is 2.85 bits per heavy atom. The highest BCUT2D eigenvalue weighted by Gasteiger charge is 2.20. The third kappa shape index (κ3) is 3.89. The molecule has 0 spiro atoms. The molecule has 0 bridgehead atoms. The lowest BCUT2D eigenvalue weighted by atomic mass is 9.80. The van der Waals surface area contributed by atoms with Crippen molar-refractivity contribution in [2.75, 3.05) is 19.0 Å². The first-order valence-corrected chi connectivity index (χ1v) is 7.40. The minimum absolute atomic E-state index is 0.465. The molecule has 1 aliphatic rings. The van der Waals surface area contributed by atoms with Crippen LogP contribution in [0, 0.1) is 11.8 Å². The number of nitrogens with two attached hydrogens (primary N) is 1. The number of hydrogen-bond donors (Lipinski definition) is 2. The molecular weight excluding hydrogens is 250 g/mol. The molecule has 0 saturated heterocycles. The second-order valence-corrected chi connectivity index (χ2v) is 5.57. The highest BCUT2D eigenvalue weighted by atomic mass is 16.5. The van der Waals surface area contributed by atoms with Crippen molar-refractivity contribution in [3.05, 3.63) is 24.3 Å². The molecule has 1 fully saturated rings. The molecule has 1 aromatic carbocycles. The van der Waals surface area contributed by atoms with Gasteiger partial charge in [-0.25, -0.2) is 0 Å². The summed E-state index contributed by atoms with van der Waals surface area (Å²) in [7, 11) is 1.65. The average molecular weight is 275 g/mol. The summed E-state index contributed by atoms with van der Waals surface area (Å²) < 4.78 is 5.28. The summed E-state index contributed by atoms with van der Waals surface area (Å²) in [5.74, 6) is 2.66. The molecular formula is C16H25N3O. The van der Waals surface area contributed by atoms with Gasteiger partial charge in [-0.3, -0.25) is 4.99 Å². The molecule has 20 heavy (non-hydrogen) atoms. The lowest BCUT2D eigenvalue weighted by molar-refractivity contribution is 0.264. The van der Waals surface area contributed by atoms with Crippen molar-refractivity contribution in [3.8, 4) is 5.75 Å². The van der Waals surface area contributed by atoms with E-state index in [9.17, 15) is 0 Å². The minimum Gasteiger partial charge on any atom is -0.495 e. The van der Waals surface area contributed by atoms with Gasteiger partial charge in [-0.15, -0.1) is 0 Å². The molecule has 1 saturated carbocycles. The topological polar surface area (TPSA) is 59.6 Å². The van der Waals surface area contributed by atoms with Gasteiger partial charge in [0, 0.05) is 6.54 Å². The number of hydrogen-bond acceptors (Lipinski definition) is 2. The molecule has 0 amide bonds. The van der Waals surface area contributed by atoms with E-state index in [1.807, 2.05) is 24.3 Å². The zero-order chi connectivity index (χ0) is 14.4. The van der Waals surface area contributed by atoms with Gasteiger partial charge >= 0.3 is 0 Å². The van der Waals surface area contributed by atoms with Crippen LogP contribution >= 0.6 is 0 Å². The molecule has 2 atom stereocenters. The SMILES string of the molecule is COc1ccccc1NC(N)=NCC1CCCCC1C. The van der Waals surface area contributed by atoms with Crippen LogP contribution in [0.25, 0.3) is 0 Å². The van der Waals surface area contributed by atoms with Crippen molar-refractivity contribution >= 4 is 11.6 Å². The lowest BCUT2D eigenvalue weighted by Crippen LogP contribution is -2.26. The minimum atomic E-state index is 0.465. The normalized spacial score (nSPS) is 23.4. The Morgan fingerprint density at radius 1 is 1.35 bits per heavy atom. The zero-order valence-corrected chi connectivity index (χ0v) is 12.4. The maximum atomic E-state index is 5.98. The van der Waals surface area contributed by atoms with Crippen molar-refractivity contribution in [3.63, 3.8) is 0 Å². The van der Waals surface area contributed by atoms with Crippen LogP contribution in [0.4, 0.5) is 5.69 Å². The van der Waals surface area contributed by atoms with Crippen molar-refractivity contribution in [1.29, 1.82) is 0 Å². The summed E-state index contributed by atoms with van der Waals surface area (Å²) in [6.07, 6.45) is 5.27. The standard InChI is InChI=1S/C16H25N3O/c1-12-7-3-4-8-13(12)11-18-16(17)19-14-9-5-6-10-15(14)20-2/h5-6,9-10,12-13H,3-4,7-8,11H2,1-2H3,(H3,17,18,19). The van der Waals surface area contributed by atoms with E-state index in [1.54, 1.807) is 7.11 Å². The van der Waals surface area contributed by atoms with Crippen LogP contribution in [0.15, 0.2) is 29.3 Å². The Kier molecular flexibility index (Phi) is 5.27. The number of rotatable bonds is 4. The molecule has 2 rings (SSSR count). The number of nitrogens with one attached hydrogen (secondary N) is 1. The number of para-hydroxylation sites is 2. The molecule has 0 radical (unpaired) electrons. The fourth-order valence-corrected chi connectivity index (χ4v) is 2.81. The first-order valence-electron chi connectivity index (χ1n) is 7.40. The summed E-state index contributed by atoms with van der Waals surface area (Å²) in [6.45, 7) is 3.14. The summed E-state index contributed by atoms with van der Waals surface area (Å²) in [5.41, 5.74) is 6.83. The fraction of sp³-hybridized carbons (Fsp3) is 0.562. The molecule has 3 N–H and O–H groups in total. The van der Waals surface area contributed by atoms with Crippen molar-refractivity contribution in [2.45, 2.75) is 32.6 Å². The van der Waals surface area contributed by atoms with Crippen molar-refractivity contribution in [1.82, 2.24) is 0 Å². The number of aliphatic imine (C=N–C) groups is 1. The molecule has 110 valence electrons. The number of ether oxygens (including phenoxy) is 1. The van der Waals surface area contributed by atoms with Crippen LogP contribution in [-0.2, 0) is 0 Å². The molecule has 0 aromatic heterocycles. The van der Waals surface area contributed by atoms with Gasteiger partial charge in [-0.1, -0.05) is 38.3 Å². The summed E-state index contributed by atoms with van der Waals surface area (Å²) in [6, 6.07) is 7.71. The first-order chi connectivity index (χ1) is 9.70. The molecule has 0 aliphatic heterocycles. The highest BCUT2D eigenvalue weighted by molar-refractivity contribution is 5.93. The van der Waals surface area contributed by atoms with Crippen molar-refractivity contribution < 1.29 is 4.74 Å². The van der Waals surface area contributed by atoms with Gasteiger partial charge in [0.1, 0.15) is 5.75 Å². The number of benzene rings is 1. The van der Waals surface area contributed by atoms with Crippen LogP contribution in [0.5, 0.6) is 5.75 Å². The van der Waals surface area contributed by atoms with E-state index in [4.69, 9.17) is 10.5 Å². The second kappa shape index (κ2) is 7.17. The van der Waals surface area contributed by atoms with Crippen LogP contribution in [0.3, 0.4) is 0 Å². The van der Waals surface area contributed by atoms with E-state index in [2.05, 4.69) is 17.2 Å². The zero-order valence-electron chi connectivity index (χ0n) is 12.4. The number of nitrogens with zero attached hydrogens (tertiary/aromatic N) is 1. The maximum absolute atomic E-state index is 5.98. The predicted octanol–water partition coefficient (Wildman–Crippen LogP) is 3.25. The van der Waals surface area contributed by atoms with E-state index in [1.165, 1.54) is 25.7 Å². The van der Waals surface area contributed by atoms with Gasteiger partial charge in [0.05, 0.1) is 12.8 Å². The number of guanidine groups is 1. The molecule has 2 unspecified atom stereocenters. The van der Waals surface area contributed by atoms with Gasteiger partial charge in [-0.2, -0.15) is 0 Å². The second-order valence-electron chi connectivity index (χ2n) is 5.57. The van der Waals surface area contributed by atoms with Crippen LogP contribution in [0.2, 0.25) is 0 Å². The van der Waals surface area contributed by atoms with E-state index >= 15 is 0 Å². The average Bonchev–Trinajstić information content (AvgIpc) is 2.47.